The van der Waals surface area contributed by atoms with Gasteiger partial charge in [0.05, 0.1) is 11.3 Å². The van der Waals surface area contributed by atoms with Crippen molar-refractivity contribution in [1.29, 1.82) is 0 Å². The van der Waals surface area contributed by atoms with E-state index in [4.69, 9.17) is 10.5 Å². The fraction of sp³-hybridized carbons (Fsp3) is 0.125. The molecule has 0 unspecified atom stereocenters. The number of anilines is 1. The summed E-state index contributed by atoms with van der Waals surface area (Å²) in [6, 6.07) is 10.9. The molecule has 0 aliphatic rings. The molecule has 2 N–H and O–H groups in total. The molecule has 1 aromatic carbocycles. The summed E-state index contributed by atoms with van der Waals surface area (Å²) in [4.78, 5) is 16.5. The van der Waals surface area contributed by atoms with Gasteiger partial charge in [0.25, 0.3) is 0 Å². The molecule has 0 saturated carbocycles. The van der Waals surface area contributed by atoms with Gasteiger partial charge in [0.1, 0.15) is 12.3 Å². The number of pyridine rings is 1. The van der Waals surface area contributed by atoms with E-state index < -0.39 is 5.97 Å². The number of hydrogen-bond acceptors (Lipinski definition) is 4. The van der Waals surface area contributed by atoms with E-state index in [-0.39, 0.29) is 6.61 Å². The Balaban J connectivity index is 1.75. The van der Waals surface area contributed by atoms with E-state index in [9.17, 15) is 4.79 Å². The third-order valence-corrected chi connectivity index (χ3v) is 3.36. The smallest absolute Gasteiger partial charge is 0.338 e. The maximum atomic E-state index is 12.1. The molecule has 0 spiro atoms. The summed E-state index contributed by atoms with van der Waals surface area (Å²) in [7, 11) is 0. The lowest BCUT2D eigenvalue weighted by Crippen LogP contribution is -2.08. The van der Waals surface area contributed by atoms with E-state index >= 15 is 0 Å². The topological polar surface area (TPSA) is 69.6 Å². The molecular formula is C16H15N3O2. The number of rotatable bonds is 3. The largest absolute Gasteiger partial charge is 0.456 e. The van der Waals surface area contributed by atoms with Crippen LogP contribution in [0.25, 0.3) is 5.65 Å². The Morgan fingerprint density at radius 2 is 2.14 bits per heavy atom. The van der Waals surface area contributed by atoms with Crippen LogP contribution in [0.3, 0.4) is 0 Å². The van der Waals surface area contributed by atoms with Crippen LogP contribution in [-0.4, -0.2) is 15.4 Å². The average Bonchev–Trinajstić information content (AvgIpc) is 2.90. The van der Waals surface area contributed by atoms with Crippen molar-refractivity contribution in [2.75, 3.05) is 5.73 Å². The number of nitrogens with zero attached hydrogens (tertiary/aromatic N) is 2. The van der Waals surface area contributed by atoms with Crippen molar-refractivity contribution >= 4 is 17.3 Å². The van der Waals surface area contributed by atoms with Crippen LogP contribution in [0.4, 0.5) is 5.69 Å². The third kappa shape index (κ3) is 2.58. The van der Waals surface area contributed by atoms with E-state index in [0.29, 0.717) is 16.9 Å². The van der Waals surface area contributed by atoms with Gasteiger partial charge in [-0.05, 0) is 36.8 Å². The molecule has 0 saturated heterocycles. The summed E-state index contributed by atoms with van der Waals surface area (Å²) in [5, 5.41) is 0. The Kier molecular flexibility index (Phi) is 3.31. The van der Waals surface area contributed by atoms with Crippen molar-refractivity contribution in [3.05, 3.63) is 65.6 Å². The molecule has 3 aromatic rings. The number of imidazole rings is 1. The highest BCUT2D eigenvalue weighted by atomic mass is 16.5. The van der Waals surface area contributed by atoms with E-state index in [1.54, 1.807) is 25.1 Å². The Morgan fingerprint density at radius 3 is 2.95 bits per heavy atom. The van der Waals surface area contributed by atoms with E-state index in [0.717, 1.165) is 11.2 Å². The Bertz CT molecular complexity index is 775. The first kappa shape index (κ1) is 13.2. The van der Waals surface area contributed by atoms with Crippen LogP contribution >= 0.6 is 0 Å². The molecule has 0 atom stereocenters. The maximum absolute atomic E-state index is 12.1. The van der Waals surface area contributed by atoms with Gasteiger partial charge in [0.2, 0.25) is 0 Å². The van der Waals surface area contributed by atoms with Gasteiger partial charge in [-0.2, -0.15) is 0 Å². The number of ether oxygens (including phenoxy) is 1. The first-order valence-corrected chi connectivity index (χ1v) is 6.60. The van der Waals surface area contributed by atoms with Crippen molar-refractivity contribution in [1.82, 2.24) is 9.38 Å². The normalized spacial score (nSPS) is 10.7. The molecule has 2 heterocycles. The SMILES string of the molecule is Cc1c(N)cccc1C(=O)OCc1cn2ccccc2n1. The summed E-state index contributed by atoms with van der Waals surface area (Å²) in [5.41, 5.74) is 9.12. The van der Waals surface area contributed by atoms with Gasteiger partial charge in [-0.15, -0.1) is 0 Å². The number of nitrogen functional groups attached to an aromatic ring is 1. The van der Waals surface area contributed by atoms with Gasteiger partial charge < -0.3 is 14.9 Å². The minimum atomic E-state index is -0.392. The van der Waals surface area contributed by atoms with Crippen molar-refractivity contribution < 1.29 is 9.53 Å². The van der Waals surface area contributed by atoms with Crippen LogP contribution in [0, 0.1) is 6.92 Å². The minimum Gasteiger partial charge on any atom is -0.456 e. The Morgan fingerprint density at radius 1 is 1.29 bits per heavy atom. The summed E-state index contributed by atoms with van der Waals surface area (Å²) >= 11 is 0. The molecule has 21 heavy (non-hydrogen) atoms. The molecule has 106 valence electrons. The zero-order valence-corrected chi connectivity index (χ0v) is 11.6. The minimum absolute atomic E-state index is 0.134. The molecule has 5 heteroatoms. The van der Waals surface area contributed by atoms with E-state index in [2.05, 4.69) is 4.98 Å². The quantitative estimate of drug-likeness (QED) is 0.591. The first-order valence-electron chi connectivity index (χ1n) is 6.60. The average molecular weight is 281 g/mol. The van der Waals surface area contributed by atoms with Gasteiger partial charge in [-0.25, -0.2) is 9.78 Å². The molecule has 0 aliphatic heterocycles. The second-order valence-corrected chi connectivity index (χ2v) is 4.79. The summed E-state index contributed by atoms with van der Waals surface area (Å²) in [6.45, 7) is 1.94. The zero-order chi connectivity index (χ0) is 14.8. The molecule has 2 aromatic heterocycles. The van der Waals surface area contributed by atoms with Crippen molar-refractivity contribution in [3.63, 3.8) is 0 Å². The first-order chi connectivity index (χ1) is 10.1. The predicted octanol–water partition coefficient (Wildman–Crippen LogP) is 2.58. The molecular weight excluding hydrogens is 266 g/mol. The molecule has 0 amide bonds. The number of carbonyl (C=O) groups excluding carboxylic acids is 1. The summed E-state index contributed by atoms with van der Waals surface area (Å²) in [5.74, 6) is -0.392. The van der Waals surface area contributed by atoms with Gasteiger partial charge in [0, 0.05) is 18.1 Å². The number of aromatic nitrogens is 2. The number of fused-ring (bicyclic) bond motifs is 1. The van der Waals surface area contributed by atoms with Crippen molar-refractivity contribution in [3.8, 4) is 0 Å². The lowest BCUT2D eigenvalue weighted by Gasteiger charge is -2.07. The van der Waals surface area contributed by atoms with Crippen LogP contribution < -0.4 is 5.73 Å². The van der Waals surface area contributed by atoms with Gasteiger partial charge in [-0.3, -0.25) is 0 Å². The number of hydrogen-bond donors (Lipinski definition) is 1. The standard InChI is InChI=1S/C16H15N3O2/c1-11-13(5-4-6-14(11)17)16(20)21-10-12-9-19-8-3-2-7-15(19)18-12/h2-9H,10,17H2,1H3. The third-order valence-electron chi connectivity index (χ3n) is 3.36. The number of carbonyl (C=O) groups is 1. The lowest BCUT2D eigenvalue weighted by molar-refractivity contribution is 0.0467. The van der Waals surface area contributed by atoms with Crippen LogP contribution in [0.1, 0.15) is 21.6 Å². The highest BCUT2D eigenvalue weighted by Gasteiger charge is 2.12. The Labute approximate surface area is 122 Å². The summed E-state index contributed by atoms with van der Waals surface area (Å²) < 4.78 is 7.19. The highest BCUT2D eigenvalue weighted by molar-refractivity contribution is 5.92. The number of esters is 1. The van der Waals surface area contributed by atoms with E-state index in [1.165, 1.54) is 0 Å². The van der Waals surface area contributed by atoms with Crippen LogP contribution in [0.15, 0.2) is 48.8 Å². The second kappa shape index (κ2) is 5.28. The van der Waals surface area contributed by atoms with Crippen LogP contribution in [0.5, 0.6) is 0 Å². The fourth-order valence-corrected chi connectivity index (χ4v) is 2.15. The van der Waals surface area contributed by atoms with Gasteiger partial charge in [0.15, 0.2) is 0 Å². The number of benzene rings is 1. The maximum Gasteiger partial charge on any atom is 0.338 e. The van der Waals surface area contributed by atoms with Crippen LogP contribution in [0.2, 0.25) is 0 Å². The Hall–Kier alpha value is -2.82. The van der Waals surface area contributed by atoms with Crippen molar-refractivity contribution in [2.45, 2.75) is 13.5 Å². The van der Waals surface area contributed by atoms with Crippen molar-refractivity contribution in [2.24, 2.45) is 0 Å². The molecule has 0 radical (unpaired) electrons. The second-order valence-electron chi connectivity index (χ2n) is 4.79. The molecule has 0 aliphatic carbocycles. The summed E-state index contributed by atoms with van der Waals surface area (Å²) in [6.07, 6.45) is 3.74. The molecule has 0 bridgehead atoms. The monoisotopic (exact) mass is 281 g/mol. The van der Waals surface area contributed by atoms with Gasteiger partial charge in [-0.1, -0.05) is 12.1 Å². The van der Waals surface area contributed by atoms with Crippen LogP contribution in [-0.2, 0) is 11.3 Å². The highest BCUT2D eigenvalue weighted by Crippen LogP contribution is 2.17. The molecule has 5 nitrogen and oxygen atoms in total. The molecule has 3 rings (SSSR count). The van der Waals surface area contributed by atoms with E-state index in [1.807, 2.05) is 35.0 Å². The molecule has 0 fully saturated rings. The zero-order valence-electron chi connectivity index (χ0n) is 11.6. The predicted molar refractivity (Wildman–Crippen MR) is 79.9 cm³/mol. The van der Waals surface area contributed by atoms with Gasteiger partial charge >= 0.3 is 5.97 Å². The fourth-order valence-electron chi connectivity index (χ4n) is 2.15. The number of nitrogens with two attached hydrogens (primary N) is 1. The lowest BCUT2D eigenvalue weighted by atomic mass is 10.1.